The normalized spacial score (nSPS) is 13.8. The lowest BCUT2D eigenvalue weighted by Crippen LogP contribution is -2.42. The lowest BCUT2D eigenvalue weighted by atomic mass is 10.1. The number of aliphatic hydroxyl groups is 1. The van der Waals surface area contributed by atoms with E-state index in [1.165, 1.54) is 5.56 Å². The van der Waals surface area contributed by atoms with Gasteiger partial charge in [0.1, 0.15) is 5.82 Å². The van der Waals surface area contributed by atoms with E-state index in [1.54, 1.807) is 4.90 Å². The zero-order valence-electron chi connectivity index (χ0n) is 16.5. The van der Waals surface area contributed by atoms with Crippen molar-refractivity contribution < 1.29 is 9.90 Å². The van der Waals surface area contributed by atoms with Crippen LogP contribution in [0.1, 0.15) is 40.8 Å². The maximum atomic E-state index is 12.7. The number of amides is 2. The van der Waals surface area contributed by atoms with E-state index in [0.717, 1.165) is 46.6 Å². The van der Waals surface area contributed by atoms with Crippen LogP contribution in [0.25, 0.3) is 11.0 Å². The van der Waals surface area contributed by atoms with E-state index in [9.17, 15) is 9.90 Å². The van der Waals surface area contributed by atoms with E-state index >= 15 is 0 Å². The van der Waals surface area contributed by atoms with Crippen LogP contribution in [0, 0.1) is 13.8 Å². The lowest BCUT2D eigenvalue weighted by Gasteiger charge is -2.27. The number of benzene rings is 1. The summed E-state index contributed by atoms with van der Waals surface area (Å²) in [6, 6.07) is 3.95. The van der Waals surface area contributed by atoms with Gasteiger partial charge in [-0.2, -0.15) is 5.10 Å². The van der Waals surface area contributed by atoms with Crippen molar-refractivity contribution in [2.75, 3.05) is 6.54 Å². The van der Waals surface area contributed by atoms with Crippen LogP contribution in [0.4, 0.5) is 4.79 Å². The van der Waals surface area contributed by atoms with Gasteiger partial charge in [-0.3, -0.25) is 4.68 Å². The van der Waals surface area contributed by atoms with Gasteiger partial charge in [-0.1, -0.05) is 6.07 Å². The van der Waals surface area contributed by atoms with Crippen molar-refractivity contribution in [1.82, 2.24) is 30.0 Å². The third kappa shape index (κ3) is 3.13. The fraction of sp³-hybridized carbons (Fsp3) is 0.450. The number of hydrogen-bond donors (Lipinski definition) is 3. The monoisotopic (exact) mass is 382 g/mol. The Kier molecular flexibility index (Phi) is 4.80. The quantitative estimate of drug-likeness (QED) is 0.644. The Morgan fingerprint density at radius 3 is 2.93 bits per heavy atom. The first-order valence-electron chi connectivity index (χ1n) is 9.67. The second kappa shape index (κ2) is 7.27. The molecule has 0 spiro atoms. The minimum absolute atomic E-state index is 0.109. The second-order valence-electron chi connectivity index (χ2n) is 7.26. The summed E-state index contributed by atoms with van der Waals surface area (Å²) in [5.74, 6) is 0.740. The van der Waals surface area contributed by atoms with Crippen LogP contribution in [-0.4, -0.2) is 42.3 Å². The smallest absolute Gasteiger partial charge is 0.318 e. The average molecular weight is 382 g/mol. The number of hydrogen-bond acceptors (Lipinski definition) is 4. The largest absolute Gasteiger partial charge is 0.390 e. The zero-order chi connectivity index (χ0) is 19.8. The number of aryl methyl sites for hydroxylation is 3. The van der Waals surface area contributed by atoms with E-state index in [-0.39, 0.29) is 12.6 Å². The summed E-state index contributed by atoms with van der Waals surface area (Å²) >= 11 is 0. The molecule has 0 atom stereocenters. The van der Waals surface area contributed by atoms with E-state index in [0.29, 0.717) is 25.3 Å². The molecule has 8 heteroatoms. The number of carbonyl (C=O) groups excluding carboxylic acids is 1. The second-order valence-corrected chi connectivity index (χ2v) is 7.26. The molecule has 0 bridgehead atoms. The highest BCUT2D eigenvalue weighted by atomic mass is 16.3. The maximum Gasteiger partial charge on any atom is 0.318 e. The summed E-state index contributed by atoms with van der Waals surface area (Å²) in [6.07, 6.45) is 0.743. The highest BCUT2D eigenvalue weighted by Gasteiger charge is 2.26. The summed E-state index contributed by atoms with van der Waals surface area (Å²) in [6.45, 7) is 8.25. The van der Waals surface area contributed by atoms with Crippen molar-refractivity contribution in [2.45, 2.75) is 53.4 Å². The standard InChI is InChI=1S/C20H26N6O2/c1-4-26-17-7-8-25(10-14(17)16(11-27)24-26)20(28)21-9-18-22-15-6-5-12(2)13(3)19(15)23-18/h5-6,27H,4,7-11H2,1-3H3,(H,21,28)(H,22,23). The Labute approximate surface area is 163 Å². The van der Waals surface area contributed by atoms with Gasteiger partial charge in [0, 0.05) is 30.8 Å². The highest BCUT2D eigenvalue weighted by molar-refractivity contribution is 5.80. The third-order valence-electron chi connectivity index (χ3n) is 5.59. The lowest BCUT2D eigenvalue weighted by molar-refractivity contribution is 0.190. The molecule has 0 radical (unpaired) electrons. The molecule has 0 fully saturated rings. The van der Waals surface area contributed by atoms with Crippen LogP contribution in [0.5, 0.6) is 0 Å². The first-order chi connectivity index (χ1) is 13.5. The number of aromatic nitrogens is 4. The van der Waals surface area contributed by atoms with Crippen molar-refractivity contribution in [1.29, 1.82) is 0 Å². The molecular weight excluding hydrogens is 356 g/mol. The molecular formula is C20H26N6O2. The van der Waals surface area contributed by atoms with Crippen molar-refractivity contribution in [3.8, 4) is 0 Å². The fourth-order valence-electron chi connectivity index (χ4n) is 3.84. The topological polar surface area (TPSA) is 99.1 Å². The van der Waals surface area contributed by atoms with Crippen LogP contribution < -0.4 is 5.32 Å². The van der Waals surface area contributed by atoms with E-state index < -0.39 is 0 Å². The molecule has 1 aromatic carbocycles. The van der Waals surface area contributed by atoms with Crippen LogP contribution in [-0.2, 0) is 32.7 Å². The number of fused-ring (bicyclic) bond motifs is 2. The molecule has 8 nitrogen and oxygen atoms in total. The van der Waals surface area contributed by atoms with Gasteiger partial charge in [-0.15, -0.1) is 0 Å². The number of urea groups is 1. The summed E-state index contributed by atoms with van der Waals surface area (Å²) in [5.41, 5.74) is 7.04. The van der Waals surface area contributed by atoms with E-state index in [4.69, 9.17) is 0 Å². The Bertz CT molecular complexity index is 1040. The summed E-state index contributed by atoms with van der Waals surface area (Å²) in [5, 5.41) is 17.0. The van der Waals surface area contributed by atoms with Crippen LogP contribution in [0.15, 0.2) is 12.1 Å². The number of nitrogens with one attached hydrogen (secondary N) is 2. The third-order valence-corrected chi connectivity index (χ3v) is 5.59. The number of aromatic amines is 1. The van der Waals surface area contributed by atoms with Crippen LogP contribution >= 0.6 is 0 Å². The number of carbonyl (C=O) groups is 1. The van der Waals surface area contributed by atoms with E-state index in [2.05, 4.69) is 40.3 Å². The van der Waals surface area contributed by atoms with Gasteiger partial charge in [0.15, 0.2) is 0 Å². The highest BCUT2D eigenvalue weighted by Crippen LogP contribution is 2.23. The number of H-pyrrole nitrogens is 1. The number of imidazole rings is 1. The van der Waals surface area contributed by atoms with Gasteiger partial charge in [0.25, 0.3) is 0 Å². The predicted octanol–water partition coefficient (Wildman–Crippen LogP) is 2.16. The van der Waals surface area contributed by atoms with Gasteiger partial charge in [-0.25, -0.2) is 9.78 Å². The molecule has 28 heavy (non-hydrogen) atoms. The minimum Gasteiger partial charge on any atom is -0.390 e. The molecule has 3 aromatic rings. The van der Waals surface area contributed by atoms with Crippen molar-refractivity contribution in [2.24, 2.45) is 0 Å². The summed E-state index contributed by atoms with van der Waals surface area (Å²) in [7, 11) is 0. The van der Waals surface area contributed by atoms with Gasteiger partial charge in [-0.05, 0) is 38.0 Å². The van der Waals surface area contributed by atoms with Gasteiger partial charge < -0.3 is 20.3 Å². The SMILES string of the molecule is CCn1nc(CO)c2c1CCN(C(=O)NCc1nc3c(C)c(C)ccc3[nH]1)C2. The molecule has 1 aliphatic heterocycles. The maximum absolute atomic E-state index is 12.7. The first-order valence-corrected chi connectivity index (χ1v) is 9.67. The molecule has 148 valence electrons. The van der Waals surface area contributed by atoms with Gasteiger partial charge in [0.05, 0.1) is 36.4 Å². The van der Waals surface area contributed by atoms with Crippen molar-refractivity contribution in [3.63, 3.8) is 0 Å². The number of rotatable bonds is 4. The summed E-state index contributed by atoms with van der Waals surface area (Å²) < 4.78 is 1.93. The first kappa shape index (κ1) is 18.5. The van der Waals surface area contributed by atoms with Crippen molar-refractivity contribution in [3.05, 3.63) is 46.0 Å². The Morgan fingerprint density at radius 2 is 2.18 bits per heavy atom. The molecule has 0 saturated heterocycles. The van der Waals surface area contributed by atoms with E-state index in [1.807, 2.05) is 17.7 Å². The minimum atomic E-state index is -0.132. The fourth-order valence-corrected chi connectivity index (χ4v) is 3.84. The molecule has 3 N–H and O–H groups in total. The molecule has 3 heterocycles. The zero-order valence-corrected chi connectivity index (χ0v) is 16.5. The average Bonchev–Trinajstić information content (AvgIpc) is 3.29. The molecule has 1 aliphatic rings. The summed E-state index contributed by atoms with van der Waals surface area (Å²) in [4.78, 5) is 22.4. The number of nitrogens with zero attached hydrogens (tertiary/aromatic N) is 4. The molecule has 0 saturated carbocycles. The molecule has 2 aromatic heterocycles. The van der Waals surface area contributed by atoms with Crippen molar-refractivity contribution >= 4 is 17.1 Å². The van der Waals surface area contributed by atoms with Gasteiger partial charge >= 0.3 is 6.03 Å². The molecule has 2 amide bonds. The van der Waals surface area contributed by atoms with Crippen LogP contribution in [0.3, 0.4) is 0 Å². The Morgan fingerprint density at radius 1 is 1.36 bits per heavy atom. The number of aliphatic hydroxyl groups excluding tert-OH is 1. The molecule has 0 unspecified atom stereocenters. The molecule has 0 aliphatic carbocycles. The van der Waals surface area contributed by atoms with Gasteiger partial charge in [0.2, 0.25) is 0 Å². The Hall–Kier alpha value is -2.87. The Balaban J connectivity index is 1.45. The predicted molar refractivity (Wildman–Crippen MR) is 106 cm³/mol. The van der Waals surface area contributed by atoms with Crippen LogP contribution in [0.2, 0.25) is 0 Å². The molecule has 4 rings (SSSR count).